The number of rotatable bonds is 12. The number of nitrogens with zero attached hydrogens (tertiary/aromatic N) is 2. The third-order valence-corrected chi connectivity index (χ3v) is 9.93. The van der Waals surface area contributed by atoms with E-state index < -0.39 is 20.5 Å². The number of carbonyl (C=O) groups is 1. The van der Waals surface area contributed by atoms with Crippen molar-refractivity contribution in [1.82, 2.24) is 15.4 Å². The van der Waals surface area contributed by atoms with Gasteiger partial charge in [0.25, 0.3) is 11.1 Å². The number of amides is 1. The summed E-state index contributed by atoms with van der Waals surface area (Å²) in [6.07, 6.45) is 0.881. The van der Waals surface area contributed by atoms with Gasteiger partial charge in [0.2, 0.25) is 0 Å². The van der Waals surface area contributed by atoms with Crippen LogP contribution in [0.2, 0.25) is 0 Å². The van der Waals surface area contributed by atoms with Crippen molar-refractivity contribution in [2.24, 2.45) is 0 Å². The van der Waals surface area contributed by atoms with Crippen LogP contribution in [-0.4, -0.2) is 79.9 Å². The molecule has 0 aliphatic carbocycles. The Morgan fingerprint density at radius 1 is 1.18 bits per heavy atom. The summed E-state index contributed by atoms with van der Waals surface area (Å²) in [7, 11) is -2.47. The lowest BCUT2D eigenvalue weighted by Crippen LogP contribution is -2.57. The van der Waals surface area contributed by atoms with Gasteiger partial charge in [0.05, 0.1) is 18.1 Å². The Hall–Kier alpha value is -2.35. The minimum atomic E-state index is -4.07. The zero-order valence-corrected chi connectivity index (χ0v) is 23.4. The summed E-state index contributed by atoms with van der Waals surface area (Å²) >= 11 is 1.51. The van der Waals surface area contributed by atoms with Crippen LogP contribution >= 0.6 is 24.2 Å². The number of aromatic nitrogens is 1. The monoisotopic (exact) mass is 587 g/mol. The maximum Gasteiger partial charge on any atom is 0.265 e. The van der Waals surface area contributed by atoms with Gasteiger partial charge in [-0.3, -0.25) is 10.0 Å². The van der Waals surface area contributed by atoms with Crippen molar-refractivity contribution in [3.63, 3.8) is 0 Å². The number of para-hydroxylation sites is 2. The Kier molecular flexibility index (Phi) is 10.8. The minimum absolute atomic E-state index is 0. The highest BCUT2D eigenvalue weighted by Crippen LogP contribution is 2.36. The lowest BCUT2D eigenvalue weighted by Gasteiger charge is -2.39. The van der Waals surface area contributed by atoms with Crippen LogP contribution in [0.15, 0.2) is 63.1 Å². The maximum absolute atomic E-state index is 13.6. The Labute approximate surface area is 233 Å². The summed E-state index contributed by atoms with van der Waals surface area (Å²) in [4.78, 5) is 19.1. The van der Waals surface area contributed by atoms with Crippen LogP contribution in [0.25, 0.3) is 11.1 Å². The second-order valence-electron chi connectivity index (χ2n) is 8.74. The fraction of sp³-hybridized carbons (Fsp3) is 0.440. The zero-order chi connectivity index (χ0) is 26.3. The highest BCUT2D eigenvalue weighted by atomic mass is 35.5. The van der Waals surface area contributed by atoms with Gasteiger partial charge in [-0.2, -0.15) is 0 Å². The Balaban J connectivity index is 0.00000267. The number of fused-ring (bicyclic) bond motifs is 1. The van der Waals surface area contributed by atoms with Crippen molar-refractivity contribution in [1.29, 1.82) is 0 Å². The van der Waals surface area contributed by atoms with Crippen LogP contribution in [0.4, 0.5) is 0 Å². The highest BCUT2D eigenvalue weighted by Gasteiger charge is 2.52. The molecule has 1 amide bonds. The Bertz CT molecular complexity index is 1270. The first-order chi connectivity index (χ1) is 17.9. The molecule has 1 aliphatic rings. The number of hydrogen-bond acceptors (Lipinski definition) is 10. The van der Waals surface area contributed by atoms with E-state index in [1.165, 1.54) is 23.9 Å². The second-order valence-corrected chi connectivity index (χ2v) is 12.0. The van der Waals surface area contributed by atoms with Crippen LogP contribution in [0.5, 0.6) is 5.75 Å². The van der Waals surface area contributed by atoms with E-state index in [2.05, 4.69) is 4.98 Å². The third-order valence-electron chi connectivity index (χ3n) is 6.50. The molecule has 210 valence electrons. The number of halogens is 1. The van der Waals surface area contributed by atoms with Gasteiger partial charge in [0, 0.05) is 33.9 Å². The molecule has 1 aliphatic heterocycles. The predicted octanol–water partition coefficient (Wildman–Crippen LogP) is 3.82. The van der Waals surface area contributed by atoms with Crippen LogP contribution in [0.1, 0.15) is 20.7 Å². The van der Waals surface area contributed by atoms with Crippen LogP contribution < -0.4 is 10.2 Å². The number of methoxy groups -OCH3 is 1. The van der Waals surface area contributed by atoms with Gasteiger partial charge in [-0.15, -0.1) is 12.4 Å². The molecule has 0 atom stereocenters. The summed E-state index contributed by atoms with van der Waals surface area (Å²) in [5, 5.41) is 9.95. The van der Waals surface area contributed by atoms with E-state index in [9.17, 15) is 18.4 Å². The largest absolute Gasteiger partial charge is 0.494 e. The molecular weight excluding hydrogens is 554 g/mol. The number of sulfone groups is 1. The summed E-state index contributed by atoms with van der Waals surface area (Å²) in [5.74, 6) is 0.371. The molecule has 38 heavy (non-hydrogen) atoms. The fourth-order valence-corrected chi connectivity index (χ4v) is 7.04. The van der Waals surface area contributed by atoms with E-state index in [0.717, 1.165) is 23.3 Å². The average Bonchev–Trinajstić information content (AvgIpc) is 3.34. The Morgan fingerprint density at radius 3 is 2.55 bits per heavy atom. The first-order valence-electron chi connectivity index (χ1n) is 12.0. The van der Waals surface area contributed by atoms with E-state index in [4.69, 9.17) is 13.9 Å². The maximum atomic E-state index is 13.6. The molecule has 3 aromatic rings. The molecule has 1 aromatic heterocycles. The van der Waals surface area contributed by atoms with Crippen LogP contribution in [-0.2, 0) is 19.4 Å². The van der Waals surface area contributed by atoms with Crippen molar-refractivity contribution in [3.05, 3.63) is 48.5 Å². The number of ether oxygens (including phenoxy) is 2. The van der Waals surface area contributed by atoms with E-state index >= 15 is 0 Å². The smallest absolute Gasteiger partial charge is 0.265 e. The van der Waals surface area contributed by atoms with Gasteiger partial charge in [0.15, 0.2) is 20.2 Å². The van der Waals surface area contributed by atoms with Crippen molar-refractivity contribution >= 4 is 51.0 Å². The molecule has 10 nitrogen and oxygen atoms in total. The van der Waals surface area contributed by atoms with Crippen LogP contribution in [0.3, 0.4) is 0 Å². The van der Waals surface area contributed by atoms with E-state index in [-0.39, 0.29) is 31.6 Å². The van der Waals surface area contributed by atoms with Gasteiger partial charge in [-0.25, -0.2) is 18.9 Å². The number of hydroxylamine groups is 1. The first kappa shape index (κ1) is 30.2. The van der Waals surface area contributed by atoms with E-state index in [0.29, 0.717) is 43.8 Å². The van der Waals surface area contributed by atoms with Crippen LogP contribution in [0, 0.1) is 0 Å². The van der Waals surface area contributed by atoms with Gasteiger partial charge in [-0.05, 0) is 55.7 Å². The number of oxazole rings is 1. The topological polar surface area (TPSA) is 131 Å². The summed E-state index contributed by atoms with van der Waals surface area (Å²) in [6.45, 7) is 2.40. The number of benzene rings is 2. The van der Waals surface area contributed by atoms with Crippen molar-refractivity contribution < 1.29 is 33.7 Å². The highest BCUT2D eigenvalue weighted by molar-refractivity contribution is 7.99. The molecule has 1 saturated heterocycles. The Morgan fingerprint density at radius 2 is 1.89 bits per heavy atom. The van der Waals surface area contributed by atoms with Gasteiger partial charge >= 0.3 is 0 Å². The molecule has 1 fully saturated rings. The molecule has 0 saturated carbocycles. The number of piperidine rings is 1. The molecule has 0 spiro atoms. The van der Waals surface area contributed by atoms with E-state index in [1.54, 1.807) is 24.7 Å². The SMILES string of the molecule is COCCN1CCC(C(=O)NO)(S(=O)(=O)c2ccc(OCCCSc3nc4ccccc4o3)cc2)CC1.Cl.[HH]. The number of thioether (sulfide) groups is 1. The molecule has 4 rings (SSSR count). The standard InChI is InChI=1S/C25H31N3O7S2.ClH.H2/c1-33-17-15-28-13-11-25(12-14-28,23(29)27-30)37(31,32)20-9-7-19(8-10-20)34-16-4-18-36-24-26-21-5-2-3-6-22(21)35-24;;/h2-3,5-10,30H,4,11-18H2,1H3,(H,27,29);2*1H. The molecule has 0 unspecified atom stereocenters. The number of nitrogens with one attached hydrogen (secondary N) is 1. The lowest BCUT2D eigenvalue weighted by atomic mass is 9.95. The number of likely N-dealkylation sites (tertiary alicyclic amines) is 1. The van der Waals surface area contributed by atoms with Gasteiger partial charge in [0.1, 0.15) is 11.3 Å². The molecule has 2 N–H and O–H groups in total. The summed E-state index contributed by atoms with van der Waals surface area (Å²) in [5.41, 5.74) is 3.16. The quantitative estimate of drug-likeness (QED) is 0.139. The van der Waals surface area contributed by atoms with E-state index in [1.807, 2.05) is 29.2 Å². The number of hydrogen-bond donors (Lipinski definition) is 2. The minimum Gasteiger partial charge on any atom is -0.494 e. The normalized spacial score (nSPS) is 15.6. The third kappa shape index (κ3) is 6.61. The van der Waals surface area contributed by atoms with Crippen molar-refractivity contribution in [2.45, 2.75) is 34.1 Å². The average molecular weight is 588 g/mol. The number of carbonyl (C=O) groups excluding carboxylic acids is 1. The lowest BCUT2D eigenvalue weighted by molar-refractivity contribution is -0.133. The summed E-state index contributed by atoms with van der Waals surface area (Å²) in [6, 6.07) is 13.7. The summed E-state index contributed by atoms with van der Waals surface area (Å²) < 4.78 is 41.9. The molecule has 0 bridgehead atoms. The van der Waals surface area contributed by atoms with Gasteiger partial charge in [-0.1, -0.05) is 23.9 Å². The molecule has 13 heteroatoms. The molecule has 2 heterocycles. The van der Waals surface area contributed by atoms with Gasteiger partial charge < -0.3 is 18.8 Å². The zero-order valence-electron chi connectivity index (χ0n) is 21.0. The fourth-order valence-electron chi connectivity index (χ4n) is 4.34. The molecule has 2 aromatic carbocycles. The molecular formula is C25H34ClN3O7S2. The second kappa shape index (κ2) is 13.6. The molecule has 0 radical (unpaired) electrons. The van der Waals surface area contributed by atoms with Crippen molar-refractivity contribution in [2.75, 3.05) is 45.7 Å². The predicted molar refractivity (Wildman–Crippen MR) is 148 cm³/mol. The first-order valence-corrected chi connectivity index (χ1v) is 14.5. The van der Waals surface area contributed by atoms with Crippen molar-refractivity contribution in [3.8, 4) is 5.75 Å².